The molecule has 0 fully saturated rings. The lowest BCUT2D eigenvalue weighted by Gasteiger charge is -2.14. The number of halogens is 1. The van der Waals surface area contributed by atoms with Crippen LogP contribution in [-0.4, -0.2) is 14.5 Å². The maximum atomic E-state index is 12.2. The number of benzene rings is 1. The van der Waals surface area contributed by atoms with E-state index in [0.29, 0.717) is 10.2 Å². The van der Waals surface area contributed by atoms with Crippen molar-refractivity contribution in [3.63, 3.8) is 0 Å². The maximum Gasteiger partial charge on any atom is 0.240 e. The molecule has 1 aromatic rings. The molecular formula is C13H21BrN2O2S. The topological polar surface area (TPSA) is 72.2 Å². The smallest absolute Gasteiger partial charge is 0.240 e. The summed E-state index contributed by atoms with van der Waals surface area (Å²) in [5, 5.41) is 0. The molecule has 0 amide bonds. The van der Waals surface area contributed by atoms with Crippen molar-refractivity contribution in [2.75, 3.05) is 5.73 Å². The molecule has 1 atom stereocenters. The molecule has 19 heavy (non-hydrogen) atoms. The van der Waals surface area contributed by atoms with Crippen LogP contribution in [0.3, 0.4) is 0 Å². The van der Waals surface area contributed by atoms with Crippen molar-refractivity contribution in [3.8, 4) is 0 Å². The Labute approximate surface area is 124 Å². The van der Waals surface area contributed by atoms with Gasteiger partial charge in [-0.2, -0.15) is 0 Å². The summed E-state index contributed by atoms with van der Waals surface area (Å²) in [4.78, 5) is 0.204. The molecular weight excluding hydrogens is 328 g/mol. The Morgan fingerprint density at radius 2 is 2.05 bits per heavy atom. The quantitative estimate of drug-likeness (QED) is 0.586. The Bertz CT molecular complexity index is 517. The lowest BCUT2D eigenvalue weighted by Crippen LogP contribution is -2.32. The third kappa shape index (κ3) is 5.12. The molecule has 0 saturated heterocycles. The van der Waals surface area contributed by atoms with Gasteiger partial charge in [0.05, 0.1) is 4.90 Å². The Kier molecular flexibility index (Phi) is 6.29. The van der Waals surface area contributed by atoms with E-state index in [0.717, 1.165) is 25.7 Å². The highest BCUT2D eigenvalue weighted by molar-refractivity contribution is 9.10. The van der Waals surface area contributed by atoms with E-state index in [1.807, 2.05) is 6.92 Å². The summed E-state index contributed by atoms with van der Waals surface area (Å²) in [7, 11) is -3.49. The molecule has 0 aromatic heterocycles. The summed E-state index contributed by atoms with van der Waals surface area (Å²) in [6.45, 7) is 4.01. The van der Waals surface area contributed by atoms with Crippen molar-refractivity contribution in [2.24, 2.45) is 0 Å². The number of rotatable bonds is 7. The first-order chi connectivity index (χ1) is 8.86. The standard InChI is InChI=1S/C13H21BrN2O2S/c1-3-4-5-6-10(2)16-19(17,18)11-7-8-12(14)13(15)9-11/h7-10,16H,3-6,15H2,1-2H3. The zero-order chi connectivity index (χ0) is 14.5. The average Bonchev–Trinajstić information content (AvgIpc) is 2.32. The minimum absolute atomic E-state index is 0.0681. The van der Waals surface area contributed by atoms with Crippen LogP contribution in [0.25, 0.3) is 0 Å². The molecule has 0 saturated carbocycles. The van der Waals surface area contributed by atoms with Gasteiger partial charge in [-0.25, -0.2) is 13.1 Å². The third-order valence-electron chi connectivity index (χ3n) is 2.87. The van der Waals surface area contributed by atoms with Crippen LogP contribution in [0.5, 0.6) is 0 Å². The van der Waals surface area contributed by atoms with Crippen molar-refractivity contribution in [3.05, 3.63) is 22.7 Å². The Morgan fingerprint density at radius 3 is 2.63 bits per heavy atom. The van der Waals surface area contributed by atoms with Crippen LogP contribution in [0, 0.1) is 0 Å². The minimum atomic E-state index is -3.49. The van der Waals surface area contributed by atoms with Crippen molar-refractivity contribution in [1.29, 1.82) is 0 Å². The molecule has 0 aliphatic rings. The van der Waals surface area contributed by atoms with Crippen molar-refractivity contribution in [2.45, 2.75) is 50.5 Å². The van der Waals surface area contributed by atoms with E-state index < -0.39 is 10.0 Å². The first-order valence-corrected chi connectivity index (χ1v) is 8.71. The summed E-state index contributed by atoms with van der Waals surface area (Å²) in [6, 6.07) is 4.58. The molecule has 0 aliphatic carbocycles. The van der Waals surface area contributed by atoms with Gasteiger partial charge in [-0.1, -0.05) is 26.2 Å². The number of nitrogens with two attached hydrogens (primary N) is 1. The van der Waals surface area contributed by atoms with Gasteiger partial charge in [0.1, 0.15) is 0 Å². The van der Waals surface area contributed by atoms with E-state index in [4.69, 9.17) is 5.73 Å². The highest BCUT2D eigenvalue weighted by Crippen LogP contribution is 2.23. The molecule has 1 aromatic carbocycles. The Hall–Kier alpha value is -0.590. The van der Waals surface area contributed by atoms with Crippen LogP contribution in [0.1, 0.15) is 39.5 Å². The number of nitrogens with one attached hydrogen (secondary N) is 1. The van der Waals surface area contributed by atoms with Gasteiger partial charge in [0.2, 0.25) is 10.0 Å². The summed E-state index contributed by atoms with van der Waals surface area (Å²) < 4.78 is 27.7. The number of hydrogen-bond acceptors (Lipinski definition) is 3. The first-order valence-electron chi connectivity index (χ1n) is 6.44. The van der Waals surface area contributed by atoms with Crippen LogP contribution >= 0.6 is 15.9 Å². The lowest BCUT2D eigenvalue weighted by molar-refractivity contribution is 0.527. The summed E-state index contributed by atoms with van der Waals surface area (Å²) in [5.74, 6) is 0. The molecule has 0 bridgehead atoms. The number of hydrogen-bond donors (Lipinski definition) is 2. The summed E-state index contributed by atoms with van der Waals surface area (Å²) in [6.07, 6.45) is 4.13. The van der Waals surface area contributed by atoms with Crippen LogP contribution < -0.4 is 10.5 Å². The highest BCUT2D eigenvalue weighted by Gasteiger charge is 2.17. The molecule has 4 nitrogen and oxygen atoms in total. The molecule has 0 radical (unpaired) electrons. The number of anilines is 1. The summed E-state index contributed by atoms with van der Waals surface area (Å²) in [5.41, 5.74) is 6.13. The summed E-state index contributed by atoms with van der Waals surface area (Å²) >= 11 is 3.25. The molecule has 6 heteroatoms. The van der Waals surface area contributed by atoms with Crippen LogP contribution in [0.15, 0.2) is 27.6 Å². The minimum Gasteiger partial charge on any atom is -0.398 e. The fourth-order valence-electron chi connectivity index (χ4n) is 1.78. The molecule has 108 valence electrons. The van der Waals surface area contributed by atoms with Gasteiger partial charge in [-0.15, -0.1) is 0 Å². The molecule has 3 N–H and O–H groups in total. The van der Waals surface area contributed by atoms with Gasteiger partial charge in [-0.05, 0) is 47.5 Å². The van der Waals surface area contributed by atoms with Gasteiger partial charge >= 0.3 is 0 Å². The predicted molar refractivity (Wildman–Crippen MR) is 82.5 cm³/mol. The zero-order valence-electron chi connectivity index (χ0n) is 11.3. The fraction of sp³-hybridized carbons (Fsp3) is 0.538. The number of sulfonamides is 1. The maximum absolute atomic E-state index is 12.2. The van der Waals surface area contributed by atoms with Crippen molar-refractivity contribution >= 4 is 31.6 Å². The molecule has 1 unspecified atom stereocenters. The fourth-order valence-corrected chi connectivity index (χ4v) is 3.34. The van der Waals surface area contributed by atoms with Crippen molar-refractivity contribution in [1.82, 2.24) is 4.72 Å². The lowest BCUT2D eigenvalue weighted by atomic mass is 10.1. The van der Waals surface area contributed by atoms with Gasteiger partial charge in [-0.3, -0.25) is 0 Å². The van der Waals surface area contributed by atoms with Gasteiger partial charge in [0.25, 0.3) is 0 Å². The largest absolute Gasteiger partial charge is 0.398 e. The monoisotopic (exact) mass is 348 g/mol. The molecule has 0 heterocycles. The van der Waals surface area contributed by atoms with E-state index >= 15 is 0 Å². The van der Waals surface area contributed by atoms with E-state index in [-0.39, 0.29) is 10.9 Å². The van der Waals surface area contributed by atoms with E-state index in [9.17, 15) is 8.42 Å². The Balaban J connectivity index is 2.72. The average molecular weight is 349 g/mol. The van der Waals surface area contributed by atoms with Crippen LogP contribution in [0.2, 0.25) is 0 Å². The van der Waals surface area contributed by atoms with Crippen LogP contribution in [0.4, 0.5) is 5.69 Å². The number of nitrogen functional groups attached to an aromatic ring is 1. The normalized spacial score (nSPS) is 13.4. The second-order valence-corrected chi connectivity index (χ2v) is 7.27. The van der Waals surface area contributed by atoms with Gasteiger partial charge in [0.15, 0.2) is 0 Å². The first kappa shape index (κ1) is 16.5. The second kappa shape index (κ2) is 7.26. The van der Waals surface area contributed by atoms with Gasteiger partial charge < -0.3 is 5.73 Å². The SMILES string of the molecule is CCCCCC(C)NS(=O)(=O)c1ccc(Br)c(N)c1. The zero-order valence-corrected chi connectivity index (χ0v) is 13.7. The third-order valence-corrected chi connectivity index (χ3v) is 5.18. The Morgan fingerprint density at radius 1 is 1.37 bits per heavy atom. The van der Waals surface area contributed by atoms with E-state index in [1.54, 1.807) is 12.1 Å². The van der Waals surface area contributed by atoms with Crippen LogP contribution in [-0.2, 0) is 10.0 Å². The van der Waals surface area contributed by atoms with E-state index in [1.165, 1.54) is 6.07 Å². The van der Waals surface area contributed by atoms with E-state index in [2.05, 4.69) is 27.6 Å². The predicted octanol–water partition coefficient (Wildman–Crippen LogP) is 3.28. The van der Waals surface area contributed by atoms with Gasteiger partial charge in [0, 0.05) is 16.2 Å². The van der Waals surface area contributed by atoms with Crippen molar-refractivity contribution < 1.29 is 8.42 Å². The molecule has 1 rings (SSSR count). The highest BCUT2D eigenvalue weighted by atomic mass is 79.9. The molecule has 0 spiro atoms. The number of unbranched alkanes of at least 4 members (excludes halogenated alkanes) is 2. The second-order valence-electron chi connectivity index (χ2n) is 4.70. The molecule has 0 aliphatic heterocycles.